The maximum absolute atomic E-state index is 12.7. The third-order valence-electron chi connectivity index (χ3n) is 5.73. The second-order valence-electron chi connectivity index (χ2n) is 7.63. The van der Waals surface area contributed by atoms with Gasteiger partial charge in [-0.1, -0.05) is 19.3 Å². The summed E-state index contributed by atoms with van der Waals surface area (Å²) in [5.74, 6) is 1.30. The number of nitrogens with zero attached hydrogens (tertiary/aromatic N) is 1. The molecule has 1 saturated carbocycles. The summed E-state index contributed by atoms with van der Waals surface area (Å²) in [6.45, 7) is 3.38. The molecule has 0 spiro atoms. The highest BCUT2D eigenvalue weighted by Crippen LogP contribution is 2.29. The highest BCUT2D eigenvalue weighted by molar-refractivity contribution is 9.10. The molecule has 0 bridgehead atoms. The van der Waals surface area contributed by atoms with Crippen LogP contribution in [0.2, 0.25) is 0 Å². The molecule has 7 heteroatoms. The van der Waals surface area contributed by atoms with E-state index in [2.05, 4.69) is 26.1 Å². The average Bonchev–Trinajstić information content (AvgIpc) is 2.66. The molecule has 0 unspecified atom stereocenters. The van der Waals surface area contributed by atoms with Gasteiger partial charge in [-0.3, -0.25) is 4.79 Å². The van der Waals surface area contributed by atoms with E-state index in [-0.39, 0.29) is 24.4 Å². The minimum atomic E-state index is -0.0896. The van der Waals surface area contributed by atoms with Crippen molar-refractivity contribution in [3.8, 4) is 5.75 Å². The maximum atomic E-state index is 12.7. The fourth-order valence-corrected chi connectivity index (χ4v) is 4.52. The molecule has 1 aliphatic carbocycles. The molecule has 1 aliphatic heterocycles. The number of ether oxygens (including phenoxy) is 1. The number of hydrogen-bond acceptors (Lipinski definition) is 4. The first kappa shape index (κ1) is 22.3. The number of halogens is 2. The quantitative estimate of drug-likeness (QED) is 0.645. The molecule has 1 aromatic rings. The molecule has 0 aromatic heterocycles. The monoisotopic (exact) mass is 459 g/mol. The summed E-state index contributed by atoms with van der Waals surface area (Å²) in [5.41, 5.74) is 6.97. The maximum Gasteiger partial charge on any atom is 0.255 e. The van der Waals surface area contributed by atoms with Gasteiger partial charge in [-0.25, -0.2) is 0 Å². The van der Waals surface area contributed by atoms with Crippen LogP contribution in [0.1, 0.15) is 55.3 Å². The molecule has 2 fully saturated rings. The lowest BCUT2D eigenvalue weighted by atomic mass is 9.88. The molecule has 27 heavy (non-hydrogen) atoms. The first-order valence-electron chi connectivity index (χ1n) is 9.73. The molecular weight excluding hydrogens is 430 g/mol. The SMILES string of the molecule is COc1cc(N)c(Br)cc1C(=O)NC1CCN(CC2CCCCC2)CC1.Cl. The van der Waals surface area contributed by atoms with E-state index in [4.69, 9.17) is 10.5 Å². The summed E-state index contributed by atoms with van der Waals surface area (Å²) in [7, 11) is 1.56. The molecule has 1 amide bonds. The predicted octanol–water partition coefficient (Wildman–Crippen LogP) is 4.24. The fourth-order valence-electron chi connectivity index (χ4n) is 4.17. The van der Waals surface area contributed by atoms with Crippen molar-refractivity contribution < 1.29 is 9.53 Å². The van der Waals surface area contributed by atoms with E-state index in [0.29, 0.717) is 21.5 Å². The van der Waals surface area contributed by atoms with Gasteiger partial charge in [-0.05, 0) is 53.6 Å². The van der Waals surface area contributed by atoms with Crippen LogP contribution in [0.4, 0.5) is 5.69 Å². The van der Waals surface area contributed by atoms with Crippen LogP contribution in [-0.2, 0) is 0 Å². The van der Waals surface area contributed by atoms with Crippen molar-refractivity contribution in [1.82, 2.24) is 10.2 Å². The summed E-state index contributed by atoms with van der Waals surface area (Å²) in [6, 6.07) is 3.65. The lowest BCUT2D eigenvalue weighted by Gasteiger charge is -2.35. The number of amides is 1. The molecule has 3 N–H and O–H groups in total. The molecule has 1 saturated heterocycles. The van der Waals surface area contributed by atoms with E-state index >= 15 is 0 Å². The first-order valence-corrected chi connectivity index (χ1v) is 10.5. The highest BCUT2D eigenvalue weighted by Gasteiger charge is 2.25. The van der Waals surface area contributed by atoms with Gasteiger partial charge < -0.3 is 20.7 Å². The second-order valence-corrected chi connectivity index (χ2v) is 8.48. The number of likely N-dealkylation sites (tertiary alicyclic amines) is 1. The summed E-state index contributed by atoms with van der Waals surface area (Å²) >= 11 is 3.39. The third kappa shape index (κ3) is 6.00. The number of nitrogens with one attached hydrogen (secondary N) is 1. The van der Waals surface area contributed by atoms with Gasteiger partial charge >= 0.3 is 0 Å². The number of nitrogen functional groups attached to an aromatic ring is 1. The van der Waals surface area contributed by atoms with Gasteiger partial charge in [0.25, 0.3) is 5.91 Å². The van der Waals surface area contributed by atoms with Crippen LogP contribution in [0.5, 0.6) is 5.75 Å². The third-order valence-corrected chi connectivity index (χ3v) is 6.41. The minimum Gasteiger partial charge on any atom is -0.496 e. The Kier molecular flexibility index (Phi) is 8.70. The zero-order valence-electron chi connectivity index (χ0n) is 16.0. The number of rotatable bonds is 5. The Labute approximate surface area is 176 Å². The number of carbonyl (C=O) groups excluding carboxylic acids is 1. The van der Waals surface area contributed by atoms with Gasteiger partial charge in [0, 0.05) is 41.9 Å². The Balaban J connectivity index is 0.00000261. The number of nitrogens with two attached hydrogens (primary N) is 1. The summed E-state index contributed by atoms with van der Waals surface area (Å²) in [5, 5.41) is 3.17. The molecule has 3 rings (SSSR count). The van der Waals surface area contributed by atoms with Crippen LogP contribution in [0, 0.1) is 5.92 Å². The Hall–Kier alpha value is -0.980. The Morgan fingerprint density at radius 2 is 1.89 bits per heavy atom. The van der Waals surface area contributed by atoms with E-state index in [0.717, 1.165) is 31.8 Å². The summed E-state index contributed by atoms with van der Waals surface area (Å²) < 4.78 is 6.04. The van der Waals surface area contributed by atoms with E-state index in [9.17, 15) is 4.79 Å². The van der Waals surface area contributed by atoms with Crippen molar-refractivity contribution in [3.05, 3.63) is 22.2 Å². The van der Waals surface area contributed by atoms with Crippen LogP contribution in [-0.4, -0.2) is 43.6 Å². The van der Waals surface area contributed by atoms with Crippen LogP contribution < -0.4 is 15.8 Å². The molecule has 1 heterocycles. The van der Waals surface area contributed by atoms with Gasteiger partial charge in [0.05, 0.1) is 12.7 Å². The molecule has 1 aromatic carbocycles. The van der Waals surface area contributed by atoms with E-state index < -0.39 is 0 Å². The van der Waals surface area contributed by atoms with Crippen LogP contribution >= 0.6 is 28.3 Å². The van der Waals surface area contributed by atoms with Crippen molar-refractivity contribution in [2.75, 3.05) is 32.5 Å². The normalized spacial score (nSPS) is 19.3. The number of methoxy groups -OCH3 is 1. The molecule has 152 valence electrons. The number of piperidine rings is 1. The lowest BCUT2D eigenvalue weighted by Crippen LogP contribution is -2.46. The van der Waals surface area contributed by atoms with Gasteiger partial charge in [0.15, 0.2) is 0 Å². The fraction of sp³-hybridized carbons (Fsp3) is 0.650. The number of carbonyl (C=O) groups is 1. The van der Waals surface area contributed by atoms with Crippen LogP contribution in [0.3, 0.4) is 0 Å². The number of anilines is 1. The smallest absolute Gasteiger partial charge is 0.255 e. The van der Waals surface area contributed by atoms with E-state index in [1.54, 1.807) is 19.2 Å². The standard InChI is InChI=1S/C20H30BrN3O2.ClH/c1-26-19-12-18(22)17(21)11-16(19)20(25)23-15-7-9-24(10-8-15)13-14-5-3-2-4-6-14;/h11-12,14-15H,2-10,13,22H2,1H3,(H,23,25);1H. The van der Waals surface area contributed by atoms with Crippen molar-refractivity contribution in [2.45, 2.75) is 51.0 Å². The zero-order chi connectivity index (χ0) is 18.5. The van der Waals surface area contributed by atoms with Gasteiger partial charge in [0.1, 0.15) is 5.75 Å². The van der Waals surface area contributed by atoms with E-state index in [1.807, 2.05) is 0 Å². The van der Waals surface area contributed by atoms with Crippen LogP contribution in [0.25, 0.3) is 0 Å². The predicted molar refractivity (Wildman–Crippen MR) is 116 cm³/mol. The van der Waals surface area contributed by atoms with E-state index in [1.165, 1.54) is 38.6 Å². The molecular formula is C20H31BrClN3O2. The average molecular weight is 461 g/mol. The van der Waals surface area contributed by atoms with Gasteiger partial charge in [-0.2, -0.15) is 0 Å². The number of benzene rings is 1. The number of hydrogen-bond donors (Lipinski definition) is 2. The zero-order valence-corrected chi connectivity index (χ0v) is 18.4. The minimum absolute atomic E-state index is 0. The van der Waals surface area contributed by atoms with Crippen molar-refractivity contribution >= 4 is 39.9 Å². The molecule has 0 radical (unpaired) electrons. The lowest BCUT2D eigenvalue weighted by molar-refractivity contribution is 0.0898. The second kappa shape index (κ2) is 10.5. The van der Waals surface area contributed by atoms with Crippen molar-refractivity contribution in [3.63, 3.8) is 0 Å². The Morgan fingerprint density at radius 3 is 2.52 bits per heavy atom. The first-order chi connectivity index (χ1) is 12.6. The molecule has 0 atom stereocenters. The molecule has 5 nitrogen and oxygen atoms in total. The van der Waals surface area contributed by atoms with Gasteiger partial charge in [-0.15, -0.1) is 12.4 Å². The molecule has 2 aliphatic rings. The van der Waals surface area contributed by atoms with Crippen LogP contribution in [0.15, 0.2) is 16.6 Å². The van der Waals surface area contributed by atoms with Gasteiger partial charge in [0.2, 0.25) is 0 Å². The van der Waals surface area contributed by atoms with Crippen molar-refractivity contribution in [2.24, 2.45) is 5.92 Å². The Morgan fingerprint density at radius 1 is 1.22 bits per heavy atom. The highest BCUT2D eigenvalue weighted by atomic mass is 79.9. The topological polar surface area (TPSA) is 67.6 Å². The summed E-state index contributed by atoms with van der Waals surface area (Å²) in [4.78, 5) is 15.3. The largest absolute Gasteiger partial charge is 0.496 e. The Bertz CT molecular complexity index is 630. The van der Waals surface area contributed by atoms with Crippen molar-refractivity contribution in [1.29, 1.82) is 0 Å². The summed E-state index contributed by atoms with van der Waals surface area (Å²) in [6.07, 6.45) is 9.01.